The minimum Gasteiger partial charge on any atom is -0.478 e. The van der Waals surface area contributed by atoms with Crippen molar-refractivity contribution < 1.29 is 19.4 Å². The Bertz CT molecular complexity index is 1040. The maximum absolute atomic E-state index is 12.1. The van der Waals surface area contributed by atoms with Gasteiger partial charge in [0, 0.05) is 5.69 Å². The third-order valence-electron chi connectivity index (χ3n) is 3.95. The fourth-order valence-corrected chi connectivity index (χ4v) is 2.53. The number of carbonyl (C=O) groups is 2. The van der Waals surface area contributed by atoms with E-state index in [0.29, 0.717) is 28.6 Å². The van der Waals surface area contributed by atoms with Gasteiger partial charge in [0.1, 0.15) is 12.0 Å². The van der Waals surface area contributed by atoms with Crippen LogP contribution in [-0.4, -0.2) is 33.6 Å². The molecule has 9 nitrogen and oxygen atoms in total. The lowest BCUT2D eigenvalue weighted by molar-refractivity contribution is 0.0527. The van der Waals surface area contributed by atoms with Crippen LogP contribution in [0.4, 0.5) is 28.7 Å². The normalized spacial score (nSPS) is 10.2. The Morgan fingerprint density at radius 3 is 2.34 bits per heavy atom. The molecule has 0 spiro atoms. The molecule has 29 heavy (non-hydrogen) atoms. The highest BCUT2D eigenvalue weighted by atomic mass is 16.5. The number of nitrogens with two attached hydrogens (primary N) is 1. The van der Waals surface area contributed by atoms with Crippen molar-refractivity contribution in [1.82, 2.24) is 9.97 Å². The number of esters is 1. The zero-order chi connectivity index (χ0) is 20.8. The fraction of sp³-hybridized carbons (Fsp3) is 0.100. The van der Waals surface area contributed by atoms with E-state index in [4.69, 9.17) is 15.6 Å². The van der Waals surface area contributed by atoms with Crippen LogP contribution in [0.25, 0.3) is 0 Å². The first-order valence-corrected chi connectivity index (χ1v) is 8.73. The number of anilines is 5. The van der Waals surface area contributed by atoms with Crippen molar-refractivity contribution in [3.8, 4) is 0 Å². The molecule has 0 atom stereocenters. The van der Waals surface area contributed by atoms with Crippen molar-refractivity contribution in [3.63, 3.8) is 0 Å². The van der Waals surface area contributed by atoms with Crippen LogP contribution < -0.4 is 16.4 Å². The molecular weight excluding hydrogens is 374 g/mol. The van der Waals surface area contributed by atoms with Crippen molar-refractivity contribution in [2.75, 3.05) is 23.0 Å². The second kappa shape index (κ2) is 8.70. The summed E-state index contributed by atoms with van der Waals surface area (Å²) >= 11 is 0. The molecule has 5 N–H and O–H groups in total. The van der Waals surface area contributed by atoms with E-state index in [1.54, 1.807) is 43.3 Å². The molecule has 1 heterocycles. The Morgan fingerprint density at radius 2 is 1.69 bits per heavy atom. The highest BCUT2D eigenvalue weighted by Crippen LogP contribution is 2.29. The van der Waals surface area contributed by atoms with Gasteiger partial charge in [-0.15, -0.1) is 0 Å². The maximum Gasteiger partial charge on any atom is 0.340 e. The number of para-hydroxylation sites is 1. The summed E-state index contributed by atoms with van der Waals surface area (Å²) in [6, 6.07) is 13.0. The van der Waals surface area contributed by atoms with E-state index >= 15 is 0 Å². The highest BCUT2D eigenvalue weighted by Gasteiger charge is 2.15. The molecule has 0 radical (unpaired) electrons. The van der Waals surface area contributed by atoms with Gasteiger partial charge >= 0.3 is 11.9 Å². The van der Waals surface area contributed by atoms with Gasteiger partial charge < -0.3 is 26.2 Å². The Morgan fingerprint density at radius 1 is 1.03 bits per heavy atom. The minimum atomic E-state index is -1.01. The van der Waals surface area contributed by atoms with E-state index in [1.165, 1.54) is 18.5 Å². The van der Waals surface area contributed by atoms with Crippen molar-refractivity contribution in [2.24, 2.45) is 0 Å². The molecule has 0 aliphatic heterocycles. The number of aromatic nitrogens is 2. The van der Waals surface area contributed by atoms with Crippen LogP contribution in [0.1, 0.15) is 27.6 Å². The summed E-state index contributed by atoms with van der Waals surface area (Å²) in [5.74, 6) is -0.828. The number of benzene rings is 2. The summed E-state index contributed by atoms with van der Waals surface area (Å²) in [4.78, 5) is 31.4. The molecule has 148 valence electrons. The second-order valence-corrected chi connectivity index (χ2v) is 5.88. The second-order valence-electron chi connectivity index (χ2n) is 5.88. The summed E-state index contributed by atoms with van der Waals surface area (Å²) in [7, 11) is 0. The number of nitrogens with one attached hydrogen (secondary N) is 2. The number of carboxylic acid groups (broad SMARTS) is 1. The minimum absolute atomic E-state index is 0.170. The number of hydrogen-bond donors (Lipinski definition) is 4. The number of ether oxygens (including phenoxy) is 1. The number of nitrogen functional groups attached to an aromatic ring is 1. The zero-order valence-electron chi connectivity index (χ0n) is 15.5. The Hall–Kier alpha value is -4.14. The van der Waals surface area contributed by atoms with Gasteiger partial charge in [0.15, 0.2) is 11.6 Å². The van der Waals surface area contributed by atoms with Crippen LogP contribution in [0, 0.1) is 0 Å². The number of nitrogens with zero attached hydrogens (tertiary/aromatic N) is 2. The van der Waals surface area contributed by atoms with Crippen LogP contribution in [0.5, 0.6) is 0 Å². The third-order valence-corrected chi connectivity index (χ3v) is 3.95. The van der Waals surface area contributed by atoms with Crippen molar-refractivity contribution in [2.45, 2.75) is 6.92 Å². The number of aromatic carboxylic acids is 1. The van der Waals surface area contributed by atoms with E-state index in [1.807, 2.05) is 0 Å². The van der Waals surface area contributed by atoms with Crippen LogP contribution in [0.2, 0.25) is 0 Å². The molecule has 0 bridgehead atoms. The lowest BCUT2D eigenvalue weighted by Crippen LogP contribution is -2.10. The molecular formula is C20H19N5O4. The van der Waals surface area contributed by atoms with Crippen LogP contribution in [0.15, 0.2) is 54.9 Å². The smallest absolute Gasteiger partial charge is 0.340 e. The number of rotatable bonds is 7. The first kappa shape index (κ1) is 19.6. The molecule has 0 aliphatic carbocycles. The molecule has 0 aliphatic rings. The molecule has 3 aromatic rings. The van der Waals surface area contributed by atoms with Gasteiger partial charge in [-0.3, -0.25) is 0 Å². The van der Waals surface area contributed by atoms with Gasteiger partial charge in [0.2, 0.25) is 0 Å². The van der Waals surface area contributed by atoms with Gasteiger partial charge in [-0.2, -0.15) is 0 Å². The van der Waals surface area contributed by atoms with E-state index in [2.05, 4.69) is 20.6 Å². The molecule has 0 saturated heterocycles. The van der Waals surface area contributed by atoms with E-state index in [9.17, 15) is 9.59 Å². The Labute approximate surface area is 166 Å². The summed E-state index contributed by atoms with van der Waals surface area (Å²) in [5.41, 5.74) is 8.04. The number of hydrogen-bond acceptors (Lipinski definition) is 8. The van der Waals surface area contributed by atoms with Gasteiger partial charge in [-0.25, -0.2) is 19.6 Å². The first-order valence-electron chi connectivity index (χ1n) is 8.73. The lowest BCUT2D eigenvalue weighted by atomic mass is 10.1. The standard InChI is InChI=1S/C20H19N5O4/c1-2-29-20(28)14-5-3-4-6-15(14)25-18-16(21)17(22-11-23-18)24-13-9-7-12(8-10-13)19(26)27/h3-11H,2,21H2,1H3,(H,26,27)(H2,22,23,24,25). The van der Waals surface area contributed by atoms with Crippen molar-refractivity contribution >= 4 is 40.6 Å². The quantitative estimate of drug-likeness (QED) is 0.444. The summed E-state index contributed by atoms with van der Waals surface area (Å²) < 4.78 is 5.07. The largest absolute Gasteiger partial charge is 0.478 e. The highest BCUT2D eigenvalue weighted by molar-refractivity contribution is 5.97. The van der Waals surface area contributed by atoms with E-state index in [0.717, 1.165) is 0 Å². The molecule has 0 unspecified atom stereocenters. The Balaban J connectivity index is 1.84. The van der Waals surface area contributed by atoms with Gasteiger partial charge in [0.25, 0.3) is 0 Å². The molecule has 0 saturated carbocycles. The Kier molecular flexibility index (Phi) is 5.88. The van der Waals surface area contributed by atoms with Crippen LogP contribution >= 0.6 is 0 Å². The van der Waals surface area contributed by atoms with Crippen molar-refractivity contribution in [3.05, 3.63) is 66.0 Å². The van der Waals surface area contributed by atoms with Crippen LogP contribution in [0.3, 0.4) is 0 Å². The van der Waals surface area contributed by atoms with Gasteiger partial charge in [-0.05, 0) is 43.3 Å². The zero-order valence-corrected chi connectivity index (χ0v) is 15.5. The SMILES string of the molecule is CCOC(=O)c1ccccc1Nc1ncnc(Nc2ccc(C(=O)O)cc2)c1N. The third kappa shape index (κ3) is 4.59. The van der Waals surface area contributed by atoms with E-state index < -0.39 is 11.9 Å². The number of carboxylic acids is 1. The molecule has 2 aromatic carbocycles. The molecule has 9 heteroatoms. The molecule has 3 rings (SSSR count). The lowest BCUT2D eigenvalue weighted by Gasteiger charge is -2.14. The predicted molar refractivity (Wildman–Crippen MR) is 109 cm³/mol. The van der Waals surface area contributed by atoms with Crippen molar-refractivity contribution in [1.29, 1.82) is 0 Å². The van der Waals surface area contributed by atoms with Gasteiger partial charge in [-0.1, -0.05) is 12.1 Å². The van der Waals surface area contributed by atoms with Gasteiger partial charge in [0.05, 0.1) is 23.4 Å². The molecule has 0 amide bonds. The summed E-state index contributed by atoms with van der Waals surface area (Å²) in [5, 5.41) is 15.0. The molecule has 0 fully saturated rings. The fourth-order valence-electron chi connectivity index (χ4n) is 2.53. The summed E-state index contributed by atoms with van der Waals surface area (Å²) in [6.07, 6.45) is 1.32. The topological polar surface area (TPSA) is 139 Å². The van der Waals surface area contributed by atoms with E-state index in [-0.39, 0.29) is 17.9 Å². The average molecular weight is 393 g/mol. The molecule has 1 aromatic heterocycles. The summed E-state index contributed by atoms with van der Waals surface area (Å²) in [6.45, 7) is 1.99. The monoisotopic (exact) mass is 393 g/mol. The maximum atomic E-state index is 12.1. The van der Waals surface area contributed by atoms with Crippen LogP contribution in [-0.2, 0) is 4.74 Å². The average Bonchev–Trinajstić information content (AvgIpc) is 2.72. The first-order chi connectivity index (χ1) is 14.0. The predicted octanol–water partition coefficient (Wildman–Crippen LogP) is 3.42. The number of carbonyl (C=O) groups excluding carboxylic acids is 1.